The highest BCUT2D eigenvalue weighted by atomic mass is 16.5. The van der Waals surface area contributed by atoms with Crippen LogP contribution in [-0.2, 0) is 9.53 Å². The van der Waals surface area contributed by atoms with Crippen molar-refractivity contribution in [2.75, 3.05) is 26.3 Å². The van der Waals surface area contributed by atoms with Crippen LogP contribution in [0.15, 0.2) is 0 Å². The van der Waals surface area contributed by atoms with Gasteiger partial charge in [-0.15, -0.1) is 0 Å². The molecule has 2 N–H and O–H groups in total. The fourth-order valence-corrected chi connectivity index (χ4v) is 1.70. The van der Waals surface area contributed by atoms with Crippen LogP contribution in [0.1, 0.15) is 33.1 Å². The van der Waals surface area contributed by atoms with Crippen LogP contribution in [0.3, 0.4) is 0 Å². The molecule has 94 valence electrons. The second kappa shape index (κ2) is 7.63. The van der Waals surface area contributed by atoms with E-state index in [0.717, 1.165) is 39.1 Å². The highest BCUT2D eigenvalue weighted by Crippen LogP contribution is 2.05. The third kappa shape index (κ3) is 6.08. The van der Waals surface area contributed by atoms with Crippen molar-refractivity contribution < 1.29 is 9.53 Å². The van der Waals surface area contributed by atoms with Gasteiger partial charge < -0.3 is 15.4 Å². The number of ether oxygens (including phenoxy) is 1. The Kier molecular flexibility index (Phi) is 6.42. The Morgan fingerprint density at radius 2 is 2.31 bits per heavy atom. The second-order valence-electron chi connectivity index (χ2n) is 4.82. The Balaban J connectivity index is 1.99. The summed E-state index contributed by atoms with van der Waals surface area (Å²) in [7, 11) is 0. The van der Waals surface area contributed by atoms with Crippen LogP contribution in [0.4, 0.5) is 0 Å². The Morgan fingerprint density at radius 3 is 2.94 bits per heavy atom. The van der Waals surface area contributed by atoms with E-state index in [9.17, 15) is 4.79 Å². The van der Waals surface area contributed by atoms with Crippen molar-refractivity contribution in [2.24, 2.45) is 5.92 Å². The van der Waals surface area contributed by atoms with Crippen LogP contribution in [0, 0.1) is 5.92 Å². The topological polar surface area (TPSA) is 50.4 Å². The van der Waals surface area contributed by atoms with Crippen molar-refractivity contribution in [3.05, 3.63) is 0 Å². The van der Waals surface area contributed by atoms with Crippen molar-refractivity contribution in [1.82, 2.24) is 10.6 Å². The molecule has 0 radical (unpaired) electrons. The fraction of sp³-hybridized carbons (Fsp3) is 0.917. The van der Waals surface area contributed by atoms with Crippen molar-refractivity contribution in [1.29, 1.82) is 0 Å². The summed E-state index contributed by atoms with van der Waals surface area (Å²) >= 11 is 0. The molecule has 4 nitrogen and oxygen atoms in total. The molecule has 1 amide bonds. The lowest BCUT2D eigenvalue weighted by Crippen LogP contribution is -2.39. The lowest BCUT2D eigenvalue weighted by Gasteiger charge is -2.23. The second-order valence-corrected chi connectivity index (χ2v) is 4.82. The van der Waals surface area contributed by atoms with Gasteiger partial charge in [-0.25, -0.2) is 0 Å². The molecule has 0 aromatic heterocycles. The molecule has 1 heterocycles. The smallest absolute Gasteiger partial charge is 0.221 e. The standard InChI is InChI=1S/C12H24N2O2/c1-10(2)8-14-12(15)5-6-13-11-4-3-7-16-9-11/h10-11,13H,3-9H2,1-2H3,(H,14,15). The van der Waals surface area contributed by atoms with Crippen molar-refractivity contribution in [2.45, 2.75) is 39.2 Å². The van der Waals surface area contributed by atoms with Crippen LogP contribution >= 0.6 is 0 Å². The van der Waals surface area contributed by atoms with Gasteiger partial charge in [-0.3, -0.25) is 4.79 Å². The van der Waals surface area contributed by atoms with Gasteiger partial charge in [0, 0.05) is 32.2 Å². The van der Waals surface area contributed by atoms with Crippen LogP contribution in [0.2, 0.25) is 0 Å². The lowest BCUT2D eigenvalue weighted by atomic mass is 10.1. The number of hydrogen-bond donors (Lipinski definition) is 2. The monoisotopic (exact) mass is 228 g/mol. The van der Waals surface area contributed by atoms with E-state index in [4.69, 9.17) is 4.74 Å². The molecule has 0 saturated carbocycles. The molecule has 1 unspecified atom stereocenters. The highest BCUT2D eigenvalue weighted by Gasteiger charge is 2.13. The van der Waals surface area contributed by atoms with E-state index in [1.807, 2.05) is 0 Å². The summed E-state index contributed by atoms with van der Waals surface area (Å²) in [6, 6.07) is 0.437. The third-order valence-corrected chi connectivity index (χ3v) is 2.65. The number of rotatable bonds is 6. The molecule has 0 aromatic carbocycles. The molecule has 4 heteroatoms. The maximum Gasteiger partial charge on any atom is 0.221 e. The molecule has 1 saturated heterocycles. The zero-order valence-corrected chi connectivity index (χ0v) is 10.4. The van der Waals surface area contributed by atoms with Gasteiger partial charge in [0.25, 0.3) is 0 Å². The maximum atomic E-state index is 11.4. The Labute approximate surface area is 98.1 Å². The summed E-state index contributed by atoms with van der Waals surface area (Å²) in [5.74, 6) is 0.654. The molecule has 0 bridgehead atoms. The van der Waals surface area contributed by atoms with Gasteiger partial charge in [0.1, 0.15) is 0 Å². The summed E-state index contributed by atoms with van der Waals surface area (Å²) in [6.45, 7) is 7.37. The minimum Gasteiger partial charge on any atom is -0.380 e. The summed E-state index contributed by atoms with van der Waals surface area (Å²) in [6.07, 6.45) is 2.84. The van der Waals surface area contributed by atoms with Gasteiger partial charge in [-0.2, -0.15) is 0 Å². The molecule has 0 aromatic rings. The molecule has 1 fully saturated rings. The van der Waals surface area contributed by atoms with E-state index in [2.05, 4.69) is 24.5 Å². The quantitative estimate of drug-likeness (QED) is 0.710. The first-order chi connectivity index (χ1) is 7.68. The number of hydrogen-bond acceptors (Lipinski definition) is 3. The summed E-state index contributed by atoms with van der Waals surface area (Å²) in [4.78, 5) is 11.4. The van der Waals surface area contributed by atoms with Crippen LogP contribution in [0.5, 0.6) is 0 Å². The molecule has 1 aliphatic heterocycles. The number of carbonyl (C=O) groups excluding carboxylic acids is 1. The zero-order chi connectivity index (χ0) is 11.8. The molecular weight excluding hydrogens is 204 g/mol. The van der Waals surface area contributed by atoms with Gasteiger partial charge >= 0.3 is 0 Å². The van der Waals surface area contributed by atoms with Gasteiger partial charge in [-0.1, -0.05) is 13.8 Å². The number of carbonyl (C=O) groups is 1. The third-order valence-electron chi connectivity index (χ3n) is 2.65. The largest absolute Gasteiger partial charge is 0.380 e. The van der Waals surface area contributed by atoms with Gasteiger partial charge in [-0.05, 0) is 18.8 Å². The molecule has 0 aliphatic carbocycles. The average Bonchev–Trinajstić information content (AvgIpc) is 2.28. The average molecular weight is 228 g/mol. The predicted octanol–water partition coefficient (Wildman–Crippen LogP) is 0.917. The SMILES string of the molecule is CC(C)CNC(=O)CCNC1CCCOC1. The lowest BCUT2D eigenvalue weighted by molar-refractivity contribution is -0.121. The first kappa shape index (κ1) is 13.5. The fourth-order valence-electron chi connectivity index (χ4n) is 1.70. The predicted molar refractivity (Wildman–Crippen MR) is 64.3 cm³/mol. The van der Waals surface area contributed by atoms with Crippen LogP contribution < -0.4 is 10.6 Å². The number of nitrogens with one attached hydrogen (secondary N) is 2. The highest BCUT2D eigenvalue weighted by molar-refractivity contribution is 5.76. The first-order valence-electron chi connectivity index (χ1n) is 6.26. The summed E-state index contributed by atoms with van der Waals surface area (Å²) in [5.41, 5.74) is 0. The maximum absolute atomic E-state index is 11.4. The van der Waals surface area contributed by atoms with E-state index >= 15 is 0 Å². The van der Waals surface area contributed by atoms with Gasteiger partial charge in [0.05, 0.1) is 6.61 Å². The summed E-state index contributed by atoms with van der Waals surface area (Å²) < 4.78 is 5.36. The Bertz CT molecular complexity index is 201. The minimum atomic E-state index is 0.137. The van der Waals surface area contributed by atoms with E-state index in [-0.39, 0.29) is 5.91 Å². The normalized spacial score (nSPS) is 21.1. The van der Waals surface area contributed by atoms with E-state index < -0.39 is 0 Å². The van der Waals surface area contributed by atoms with Crippen molar-refractivity contribution >= 4 is 5.91 Å². The van der Waals surface area contributed by atoms with E-state index in [1.54, 1.807) is 0 Å². The number of amides is 1. The minimum absolute atomic E-state index is 0.137. The molecule has 1 atom stereocenters. The van der Waals surface area contributed by atoms with Crippen LogP contribution in [0.25, 0.3) is 0 Å². The van der Waals surface area contributed by atoms with Gasteiger partial charge in [0.15, 0.2) is 0 Å². The van der Waals surface area contributed by atoms with Crippen molar-refractivity contribution in [3.8, 4) is 0 Å². The molecule has 0 spiro atoms. The molecule has 1 aliphatic rings. The van der Waals surface area contributed by atoms with Crippen molar-refractivity contribution in [3.63, 3.8) is 0 Å². The zero-order valence-electron chi connectivity index (χ0n) is 10.4. The van der Waals surface area contributed by atoms with E-state index in [0.29, 0.717) is 18.4 Å². The summed E-state index contributed by atoms with van der Waals surface area (Å²) in [5, 5.41) is 6.26. The Morgan fingerprint density at radius 1 is 1.50 bits per heavy atom. The first-order valence-corrected chi connectivity index (χ1v) is 6.26. The Hall–Kier alpha value is -0.610. The molecule has 16 heavy (non-hydrogen) atoms. The van der Waals surface area contributed by atoms with Gasteiger partial charge in [0.2, 0.25) is 5.91 Å². The molecular formula is C12H24N2O2. The van der Waals surface area contributed by atoms with Crippen LogP contribution in [-0.4, -0.2) is 38.3 Å². The molecule has 1 rings (SSSR count). The van der Waals surface area contributed by atoms with E-state index in [1.165, 1.54) is 0 Å².